The third-order valence-corrected chi connectivity index (χ3v) is 5.50. The molecule has 0 spiro atoms. The van der Waals surface area contributed by atoms with Crippen molar-refractivity contribution >= 4 is 28.1 Å². The molecule has 0 atom stereocenters. The molecule has 0 saturated carbocycles. The first-order chi connectivity index (χ1) is 14.1. The van der Waals surface area contributed by atoms with Crippen molar-refractivity contribution in [3.63, 3.8) is 0 Å². The molecule has 0 fully saturated rings. The topological polar surface area (TPSA) is 98.9 Å². The van der Waals surface area contributed by atoms with Crippen LogP contribution in [0.25, 0.3) is 21.5 Å². The Morgan fingerprint density at radius 2 is 1.86 bits per heavy atom. The average molecular weight is 406 g/mol. The summed E-state index contributed by atoms with van der Waals surface area (Å²) in [6.07, 6.45) is 0. The molecule has 7 nitrogen and oxygen atoms in total. The van der Waals surface area contributed by atoms with Crippen molar-refractivity contribution in [1.29, 1.82) is 0 Å². The fraction of sp³-hybridized carbons (Fsp3) is 0.143. The van der Waals surface area contributed by atoms with Gasteiger partial charge in [-0.25, -0.2) is 4.98 Å². The lowest BCUT2D eigenvalue weighted by Gasteiger charge is -2.20. The summed E-state index contributed by atoms with van der Waals surface area (Å²) >= 11 is 1.51. The standard InChI is InChI=1S/C21H18N4O3S/c1-2-25(12-18-22-15-7-4-3-6-13(15)19(26)24-18)21(28)14-9-10-16(23-20(14)27)17-8-5-11-29-17/h3-11H,2,12H2,1H3,(H,23,27)(H,22,24,26). The highest BCUT2D eigenvalue weighted by Crippen LogP contribution is 2.21. The van der Waals surface area contributed by atoms with Gasteiger partial charge in [0.25, 0.3) is 17.0 Å². The zero-order chi connectivity index (χ0) is 20.4. The van der Waals surface area contributed by atoms with Gasteiger partial charge in [-0.15, -0.1) is 11.3 Å². The number of thiophene rings is 1. The number of carbonyl (C=O) groups is 1. The number of rotatable bonds is 5. The van der Waals surface area contributed by atoms with Crippen LogP contribution in [0, 0.1) is 0 Å². The fourth-order valence-electron chi connectivity index (χ4n) is 3.11. The largest absolute Gasteiger partial charge is 0.331 e. The quantitative estimate of drug-likeness (QED) is 0.532. The summed E-state index contributed by atoms with van der Waals surface area (Å²) < 4.78 is 0. The second-order valence-corrected chi connectivity index (χ2v) is 7.39. The van der Waals surface area contributed by atoms with Gasteiger partial charge in [0.1, 0.15) is 11.4 Å². The fourth-order valence-corrected chi connectivity index (χ4v) is 3.81. The highest BCUT2D eigenvalue weighted by molar-refractivity contribution is 7.13. The van der Waals surface area contributed by atoms with Gasteiger partial charge in [0.15, 0.2) is 0 Å². The van der Waals surface area contributed by atoms with Gasteiger partial charge in [-0.3, -0.25) is 14.4 Å². The maximum Gasteiger partial charge on any atom is 0.261 e. The minimum Gasteiger partial charge on any atom is -0.331 e. The van der Waals surface area contributed by atoms with Crippen LogP contribution in [0.3, 0.4) is 0 Å². The predicted octanol–water partition coefficient (Wildman–Crippen LogP) is 3.00. The summed E-state index contributed by atoms with van der Waals surface area (Å²) in [4.78, 5) is 50.0. The summed E-state index contributed by atoms with van der Waals surface area (Å²) in [6, 6.07) is 14.1. The Balaban J connectivity index is 1.62. The second-order valence-electron chi connectivity index (χ2n) is 6.44. The highest BCUT2D eigenvalue weighted by atomic mass is 32.1. The second kappa shape index (κ2) is 7.84. The Kier molecular flexibility index (Phi) is 5.09. The van der Waals surface area contributed by atoms with Crippen LogP contribution < -0.4 is 11.1 Å². The zero-order valence-electron chi connectivity index (χ0n) is 15.6. The molecule has 4 rings (SSSR count). The lowest BCUT2D eigenvalue weighted by atomic mass is 10.2. The van der Waals surface area contributed by atoms with Gasteiger partial charge in [-0.2, -0.15) is 0 Å². The number of carbonyl (C=O) groups excluding carboxylic acids is 1. The van der Waals surface area contributed by atoms with Gasteiger partial charge in [0.2, 0.25) is 0 Å². The van der Waals surface area contributed by atoms with Gasteiger partial charge in [-0.05, 0) is 42.6 Å². The molecule has 0 aliphatic heterocycles. The molecule has 0 saturated heterocycles. The Morgan fingerprint density at radius 1 is 1.03 bits per heavy atom. The molecule has 1 aromatic carbocycles. The van der Waals surface area contributed by atoms with E-state index in [9.17, 15) is 14.4 Å². The van der Waals surface area contributed by atoms with Crippen LogP contribution in [0.2, 0.25) is 0 Å². The molecule has 3 heterocycles. The SMILES string of the molecule is CCN(Cc1nc2ccccc2c(=O)[nH]1)C(=O)c1ccc(-c2cccs2)[nH]c1=O. The van der Waals surface area contributed by atoms with Crippen LogP contribution in [0.1, 0.15) is 23.1 Å². The third-order valence-electron chi connectivity index (χ3n) is 4.60. The molecule has 0 bridgehead atoms. The van der Waals surface area contributed by atoms with Crippen LogP contribution in [0.15, 0.2) is 63.5 Å². The van der Waals surface area contributed by atoms with E-state index in [4.69, 9.17) is 0 Å². The Hall–Kier alpha value is -3.52. The number of pyridine rings is 1. The smallest absolute Gasteiger partial charge is 0.261 e. The molecule has 0 radical (unpaired) electrons. The summed E-state index contributed by atoms with van der Waals surface area (Å²) in [5.41, 5.74) is 0.583. The van der Waals surface area contributed by atoms with E-state index in [0.717, 1.165) is 4.88 Å². The Morgan fingerprint density at radius 3 is 2.59 bits per heavy atom. The van der Waals surface area contributed by atoms with E-state index in [1.165, 1.54) is 22.3 Å². The van der Waals surface area contributed by atoms with E-state index in [1.54, 1.807) is 30.3 Å². The van der Waals surface area contributed by atoms with Crippen molar-refractivity contribution in [3.8, 4) is 10.6 Å². The molecular formula is C21H18N4O3S. The molecule has 2 N–H and O–H groups in total. The molecule has 0 aliphatic rings. The number of hydrogen-bond acceptors (Lipinski definition) is 5. The number of aromatic amines is 2. The summed E-state index contributed by atoms with van der Waals surface area (Å²) in [6.45, 7) is 2.27. The van der Waals surface area contributed by atoms with Crippen molar-refractivity contribution in [2.24, 2.45) is 0 Å². The number of aromatic nitrogens is 3. The van der Waals surface area contributed by atoms with Gasteiger partial charge in [-0.1, -0.05) is 18.2 Å². The van der Waals surface area contributed by atoms with Crippen molar-refractivity contribution in [3.05, 3.63) is 86.0 Å². The summed E-state index contributed by atoms with van der Waals surface area (Å²) in [5.74, 6) is -0.0437. The number of nitrogens with zero attached hydrogens (tertiary/aromatic N) is 2. The van der Waals surface area contributed by atoms with E-state index < -0.39 is 11.5 Å². The maximum absolute atomic E-state index is 12.9. The molecule has 146 valence electrons. The number of nitrogens with one attached hydrogen (secondary N) is 2. The van der Waals surface area contributed by atoms with Gasteiger partial charge >= 0.3 is 0 Å². The molecule has 0 unspecified atom stereocenters. The van der Waals surface area contributed by atoms with Crippen LogP contribution in [0.4, 0.5) is 0 Å². The monoisotopic (exact) mass is 406 g/mol. The average Bonchev–Trinajstić information content (AvgIpc) is 3.26. The van der Waals surface area contributed by atoms with Gasteiger partial charge in [0, 0.05) is 6.54 Å². The molecular weight excluding hydrogens is 388 g/mol. The van der Waals surface area contributed by atoms with Crippen molar-refractivity contribution in [2.75, 3.05) is 6.54 Å². The number of hydrogen-bond donors (Lipinski definition) is 2. The number of para-hydroxylation sites is 1. The van der Waals surface area contributed by atoms with E-state index in [1.807, 2.05) is 24.4 Å². The molecule has 1 amide bonds. The third kappa shape index (κ3) is 3.74. The first-order valence-corrected chi connectivity index (χ1v) is 9.99. The lowest BCUT2D eigenvalue weighted by molar-refractivity contribution is 0.0746. The molecule has 3 aromatic heterocycles. The van der Waals surface area contributed by atoms with Crippen LogP contribution in [0.5, 0.6) is 0 Å². The summed E-state index contributed by atoms with van der Waals surface area (Å²) in [7, 11) is 0. The molecule has 29 heavy (non-hydrogen) atoms. The predicted molar refractivity (Wildman–Crippen MR) is 113 cm³/mol. The molecule has 4 aromatic rings. The first-order valence-electron chi connectivity index (χ1n) is 9.11. The molecule has 8 heteroatoms. The molecule has 0 aliphatic carbocycles. The van der Waals surface area contributed by atoms with Crippen LogP contribution in [-0.4, -0.2) is 32.3 Å². The van der Waals surface area contributed by atoms with Crippen molar-refractivity contribution in [2.45, 2.75) is 13.5 Å². The van der Waals surface area contributed by atoms with Gasteiger partial charge in [0.05, 0.1) is 28.0 Å². The lowest BCUT2D eigenvalue weighted by Crippen LogP contribution is -2.35. The van der Waals surface area contributed by atoms with E-state index >= 15 is 0 Å². The number of H-pyrrole nitrogens is 2. The van der Waals surface area contributed by atoms with Gasteiger partial charge < -0.3 is 14.9 Å². The minimum atomic E-state index is -0.445. The van der Waals surface area contributed by atoms with E-state index in [2.05, 4.69) is 15.0 Å². The number of fused-ring (bicyclic) bond motifs is 1. The van der Waals surface area contributed by atoms with Crippen molar-refractivity contribution < 1.29 is 4.79 Å². The highest BCUT2D eigenvalue weighted by Gasteiger charge is 2.19. The van der Waals surface area contributed by atoms with Crippen LogP contribution >= 0.6 is 11.3 Å². The zero-order valence-corrected chi connectivity index (χ0v) is 16.5. The number of amides is 1. The normalized spacial score (nSPS) is 10.9. The maximum atomic E-state index is 12.9. The van der Waals surface area contributed by atoms with E-state index in [0.29, 0.717) is 29.0 Å². The minimum absolute atomic E-state index is 0.0512. The Labute approximate surface area is 169 Å². The van der Waals surface area contributed by atoms with E-state index in [-0.39, 0.29) is 17.7 Å². The Bertz CT molecular complexity index is 1290. The number of benzene rings is 1. The van der Waals surface area contributed by atoms with Crippen LogP contribution in [-0.2, 0) is 6.54 Å². The summed E-state index contributed by atoms with van der Waals surface area (Å²) in [5, 5.41) is 2.41. The van der Waals surface area contributed by atoms with Crippen molar-refractivity contribution in [1.82, 2.24) is 19.9 Å². The first kappa shape index (κ1) is 18.8.